The molecule has 0 unspecified atom stereocenters. The minimum Gasteiger partial charge on any atom is -0.478 e. The molecular weight excluding hydrogens is 192 g/mol. The Labute approximate surface area is 86.7 Å². The van der Waals surface area contributed by atoms with E-state index in [1.54, 1.807) is 12.1 Å². The number of aromatic carboxylic acids is 1. The Balaban J connectivity index is 2.59. The van der Waals surface area contributed by atoms with Crippen LogP contribution in [0.15, 0.2) is 24.3 Å². The van der Waals surface area contributed by atoms with Crippen molar-refractivity contribution >= 4 is 16.9 Å². The highest BCUT2D eigenvalue weighted by atomic mass is 16.4. The molecule has 0 aliphatic rings. The maximum atomic E-state index is 10.9. The van der Waals surface area contributed by atoms with Crippen LogP contribution in [0.5, 0.6) is 0 Å². The Kier molecular flexibility index (Phi) is 2.43. The molecule has 0 aliphatic heterocycles. The van der Waals surface area contributed by atoms with Crippen LogP contribution in [0.4, 0.5) is 0 Å². The Bertz CT molecular complexity index is 502. The summed E-state index contributed by atoms with van der Waals surface area (Å²) < 4.78 is 0. The number of carboxylic acids is 1. The lowest BCUT2D eigenvalue weighted by Gasteiger charge is -1.94. The fourth-order valence-corrected chi connectivity index (χ4v) is 1.69. The summed E-state index contributed by atoms with van der Waals surface area (Å²) in [5, 5.41) is 9.73. The van der Waals surface area contributed by atoms with Crippen molar-refractivity contribution in [3.8, 4) is 0 Å². The first-order chi connectivity index (χ1) is 7.22. The van der Waals surface area contributed by atoms with Crippen LogP contribution in [0.3, 0.4) is 0 Å². The van der Waals surface area contributed by atoms with Gasteiger partial charge in [-0.25, -0.2) is 4.79 Å². The Morgan fingerprint density at radius 3 is 2.93 bits per heavy atom. The summed E-state index contributed by atoms with van der Waals surface area (Å²) in [6.45, 7) is 0.551. The molecule has 1 aromatic heterocycles. The van der Waals surface area contributed by atoms with Gasteiger partial charge in [-0.15, -0.1) is 0 Å². The zero-order chi connectivity index (χ0) is 10.8. The molecule has 0 atom stereocenters. The van der Waals surface area contributed by atoms with Crippen LogP contribution in [0.25, 0.3) is 10.9 Å². The lowest BCUT2D eigenvalue weighted by molar-refractivity contribution is 0.0699. The summed E-state index contributed by atoms with van der Waals surface area (Å²) in [4.78, 5) is 14.1. The summed E-state index contributed by atoms with van der Waals surface area (Å²) in [7, 11) is 0. The normalized spacial score (nSPS) is 10.7. The van der Waals surface area contributed by atoms with Crippen molar-refractivity contribution in [3.63, 3.8) is 0 Å². The molecular formula is C11H12N2O2. The fourth-order valence-electron chi connectivity index (χ4n) is 1.69. The van der Waals surface area contributed by atoms with E-state index in [4.69, 9.17) is 10.8 Å². The number of hydrogen-bond donors (Lipinski definition) is 3. The number of nitrogens with one attached hydrogen (secondary N) is 1. The molecule has 1 aromatic carbocycles. The average Bonchev–Trinajstić information content (AvgIpc) is 2.59. The van der Waals surface area contributed by atoms with Crippen LogP contribution >= 0.6 is 0 Å². The zero-order valence-corrected chi connectivity index (χ0v) is 8.16. The maximum Gasteiger partial charge on any atom is 0.336 e. The van der Waals surface area contributed by atoms with Crippen LogP contribution in [0, 0.1) is 0 Å². The number of carbonyl (C=O) groups is 1. The number of aromatic amines is 1. The topological polar surface area (TPSA) is 79.1 Å². The molecule has 0 radical (unpaired) electrons. The second-order valence-electron chi connectivity index (χ2n) is 3.41. The highest BCUT2D eigenvalue weighted by Gasteiger charge is 2.09. The molecule has 0 aliphatic carbocycles. The SMILES string of the molecule is NCCc1cc2c(C(=O)O)cccc2[nH]1. The fraction of sp³-hybridized carbons (Fsp3) is 0.182. The van der Waals surface area contributed by atoms with E-state index in [0.29, 0.717) is 12.1 Å². The van der Waals surface area contributed by atoms with Gasteiger partial charge in [-0.05, 0) is 31.2 Å². The molecule has 2 rings (SSSR count). The van der Waals surface area contributed by atoms with Crippen LogP contribution in [-0.2, 0) is 6.42 Å². The number of carboxylic acid groups (broad SMARTS) is 1. The molecule has 0 amide bonds. The predicted molar refractivity (Wildman–Crippen MR) is 58.0 cm³/mol. The van der Waals surface area contributed by atoms with Gasteiger partial charge in [0, 0.05) is 16.6 Å². The van der Waals surface area contributed by atoms with Gasteiger partial charge in [-0.3, -0.25) is 0 Å². The minimum absolute atomic E-state index is 0.326. The van der Waals surface area contributed by atoms with Crippen molar-refractivity contribution in [2.45, 2.75) is 6.42 Å². The molecule has 15 heavy (non-hydrogen) atoms. The van der Waals surface area contributed by atoms with E-state index < -0.39 is 5.97 Å². The van der Waals surface area contributed by atoms with Gasteiger partial charge in [-0.1, -0.05) is 6.07 Å². The van der Waals surface area contributed by atoms with E-state index in [-0.39, 0.29) is 0 Å². The Morgan fingerprint density at radius 2 is 2.27 bits per heavy atom. The first kappa shape index (κ1) is 9.73. The largest absolute Gasteiger partial charge is 0.478 e. The van der Waals surface area contributed by atoms with Gasteiger partial charge in [0.2, 0.25) is 0 Å². The maximum absolute atomic E-state index is 10.9. The van der Waals surface area contributed by atoms with E-state index in [9.17, 15) is 4.79 Å². The second kappa shape index (κ2) is 3.74. The van der Waals surface area contributed by atoms with Crippen molar-refractivity contribution in [2.75, 3.05) is 6.54 Å². The van der Waals surface area contributed by atoms with Gasteiger partial charge in [-0.2, -0.15) is 0 Å². The lowest BCUT2D eigenvalue weighted by atomic mass is 10.1. The molecule has 0 saturated heterocycles. The Morgan fingerprint density at radius 1 is 1.47 bits per heavy atom. The van der Waals surface area contributed by atoms with Crippen molar-refractivity contribution in [1.82, 2.24) is 4.98 Å². The number of aromatic nitrogens is 1. The highest BCUT2D eigenvalue weighted by Crippen LogP contribution is 2.20. The zero-order valence-electron chi connectivity index (χ0n) is 8.16. The smallest absolute Gasteiger partial charge is 0.336 e. The standard InChI is InChI=1S/C11H12N2O2/c12-5-4-7-6-9-8(11(14)15)2-1-3-10(9)13-7/h1-3,6,13H,4-5,12H2,(H,14,15). The van der Waals surface area contributed by atoms with Crippen molar-refractivity contribution in [3.05, 3.63) is 35.5 Å². The van der Waals surface area contributed by atoms with Crippen molar-refractivity contribution < 1.29 is 9.90 Å². The molecule has 1 heterocycles. The molecule has 2 aromatic rings. The van der Waals surface area contributed by atoms with Gasteiger partial charge in [0.15, 0.2) is 0 Å². The molecule has 0 spiro atoms. The lowest BCUT2D eigenvalue weighted by Crippen LogP contribution is -2.02. The number of hydrogen-bond acceptors (Lipinski definition) is 2. The van der Waals surface area contributed by atoms with E-state index >= 15 is 0 Å². The third-order valence-electron chi connectivity index (χ3n) is 2.36. The van der Waals surface area contributed by atoms with Gasteiger partial charge in [0.25, 0.3) is 0 Å². The van der Waals surface area contributed by atoms with Crippen molar-refractivity contribution in [2.24, 2.45) is 5.73 Å². The first-order valence-corrected chi connectivity index (χ1v) is 4.76. The highest BCUT2D eigenvalue weighted by molar-refractivity contribution is 6.03. The number of fused-ring (bicyclic) bond motifs is 1. The molecule has 0 saturated carbocycles. The Hall–Kier alpha value is -1.81. The molecule has 4 nitrogen and oxygen atoms in total. The summed E-state index contributed by atoms with van der Waals surface area (Å²) in [6.07, 6.45) is 0.730. The third kappa shape index (κ3) is 1.71. The minimum atomic E-state index is -0.904. The monoisotopic (exact) mass is 204 g/mol. The van der Waals surface area contributed by atoms with Gasteiger partial charge in [0.1, 0.15) is 0 Å². The number of H-pyrrole nitrogens is 1. The average molecular weight is 204 g/mol. The molecule has 4 N–H and O–H groups in total. The van der Waals surface area contributed by atoms with Crippen LogP contribution in [0.2, 0.25) is 0 Å². The van der Waals surface area contributed by atoms with E-state index in [1.807, 2.05) is 12.1 Å². The first-order valence-electron chi connectivity index (χ1n) is 4.76. The number of rotatable bonds is 3. The molecule has 0 fully saturated rings. The summed E-state index contributed by atoms with van der Waals surface area (Å²) in [5.41, 5.74) is 7.59. The van der Waals surface area contributed by atoms with Crippen LogP contribution < -0.4 is 5.73 Å². The van der Waals surface area contributed by atoms with Crippen LogP contribution in [0.1, 0.15) is 16.1 Å². The van der Waals surface area contributed by atoms with E-state index in [0.717, 1.165) is 23.0 Å². The summed E-state index contributed by atoms with van der Waals surface area (Å²) in [6, 6.07) is 7.05. The predicted octanol–water partition coefficient (Wildman–Crippen LogP) is 1.37. The van der Waals surface area contributed by atoms with E-state index in [1.165, 1.54) is 0 Å². The van der Waals surface area contributed by atoms with Crippen LogP contribution in [-0.4, -0.2) is 22.6 Å². The van der Waals surface area contributed by atoms with Gasteiger partial charge in [0.05, 0.1) is 5.56 Å². The molecule has 4 heteroatoms. The second-order valence-corrected chi connectivity index (χ2v) is 3.41. The third-order valence-corrected chi connectivity index (χ3v) is 2.36. The quantitative estimate of drug-likeness (QED) is 0.706. The number of nitrogens with two attached hydrogens (primary N) is 1. The molecule has 0 bridgehead atoms. The van der Waals surface area contributed by atoms with E-state index in [2.05, 4.69) is 4.98 Å². The summed E-state index contributed by atoms with van der Waals surface area (Å²) in [5.74, 6) is -0.904. The van der Waals surface area contributed by atoms with Gasteiger partial charge >= 0.3 is 5.97 Å². The van der Waals surface area contributed by atoms with Crippen molar-refractivity contribution in [1.29, 1.82) is 0 Å². The molecule has 78 valence electrons. The number of benzene rings is 1. The van der Waals surface area contributed by atoms with Gasteiger partial charge < -0.3 is 15.8 Å². The summed E-state index contributed by atoms with van der Waals surface area (Å²) >= 11 is 0.